The SMILES string of the molecule is CC.CC.CC.CC.CC.CC.CC.CC.CCc1ccc(Oc2ccccc2)cc1.CCc1ccccc1.Cc1ccc2ccccc2c1.Cc1cccc2ccccc12. The Bertz CT molecular complexity index is 1830. The van der Waals surface area contributed by atoms with Gasteiger partial charge in [-0.05, 0) is 89.2 Å². The molecule has 0 bridgehead atoms. The molecule has 0 atom stereocenters. The molecule has 0 aliphatic carbocycles. The summed E-state index contributed by atoms with van der Waals surface area (Å²) in [6.45, 7) is 40.6. The van der Waals surface area contributed by atoms with Crippen molar-refractivity contribution in [2.45, 2.75) is 151 Å². The summed E-state index contributed by atoms with van der Waals surface area (Å²) >= 11 is 0. The van der Waals surface area contributed by atoms with Gasteiger partial charge in [-0.25, -0.2) is 0 Å². The van der Waals surface area contributed by atoms with Crippen LogP contribution >= 0.6 is 0 Å². The third-order valence-corrected chi connectivity index (χ3v) is 7.47. The van der Waals surface area contributed by atoms with Gasteiger partial charge >= 0.3 is 0 Å². The Morgan fingerprint density at radius 3 is 1.15 bits per heavy atom. The van der Waals surface area contributed by atoms with Crippen molar-refractivity contribution >= 4 is 21.5 Å². The van der Waals surface area contributed by atoms with Crippen molar-refractivity contribution in [2.75, 3.05) is 0 Å². The first-order valence-electron chi connectivity index (χ1n) is 23.8. The Morgan fingerprint density at radius 2 is 0.689 bits per heavy atom. The lowest BCUT2D eigenvalue weighted by molar-refractivity contribution is 0.482. The van der Waals surface area contributed by atoms with Gasteiger partial charge in [-0.1, -0.05) is 276 Å². The van der Waals surface area contributed by atoms with Crippen LogP contribution in [0.1, 0.15) is 147 Å². The average molecular weight is 829 g/mol. The van der Waals surface area contributed by atoms with Gasteiger partial charge in [0.15, 0.2) is 0 Å². The predicted octanol–water partition coefficient (Wildman–Crippen LogP) is 20.8. The molecule has 7 aromatic rings. The first-order chi connectivity index (χ1) is 30.1. The van der Waals surface area contributed by atoms with E-state index in [0.717, 1.165) is 24.3 Å². The van der Waals surface area contributed by atoms with E-state index < -0.39 is 0 Å². The van der Waals surface area contributed by atoms with E-state index in [1.807, 2.05) is 159 Å². The van der Waals surface area contributed by atoms with Crippen molar-refractivity contribution in [1.29, 1.82) is 0 Å². The maximum atomic E-state index is 5.68. The first-order valence-corrected chi connectivity index (χ1v) is 23.8. The zero-order chi connectivity index (χ0) is 47.7. The van der Waals surface area contributed by atoms with Crippen LogP contribution in [-0.2, 0) is 12.8 Å². The van der Waals surface area contributed by atoms with E-state index in [0.29, 0.717) is 0 Å². The van der Waals surface area contributed by atoms with Crippen LogP contribution in [0, 0.1) is 13.8 Å². The summed E-state index contributed by atoms with van der Waals surface area (Å²) in [5.41, 5.74) is 5.41. The van der Waals surface area contributed by atoms with Crippen molar-refractivity contribution < 1.29 is 4.74 Å². The van der Waals surface area contributed by atoms with Crippen LogP contribution in [0.3, 0.4) is 0 Å². The monoisotopic (exact) mass is 829 g/mol. The van der Waals surface area contributed by atoms with Crippen LogP contribution in [0.15, 0.2) is 170 Å². The fraction of sp³-hybridized carbons (Fsp3) is 0.367. The highest BCUT2D eigenvalue weighted by Crippen LogP contribution is 2.21. The normalized spacial score (nSPS) is 8.13. The smallest absolute Gasteiger partial charge is 0.127 e. The molecule has 0 fully saturated rings. The first kappa shape index (κ1) is 65.0. The Morgan fingerprint density at radius 1 is 0.311 bits per heavy atom. The molecule has 338 valence electrons. The Kier molecular flexibility index (Phi) is 54.3. The molecule has 0 unspecified atom stereocenters. The fourth-order valence-electron chi connectivity index (χ4n) is 4.83. The van der Waals surface area contributed by atoms with Gasteiger partial charge in [-0.2, -0.15) is 0 Å². The summed E-state index contributed by atoms with van der Waals surface area (Å²) in [5.74, 6) is 1.76. The van der Waals surface area contributed by atoms with Gasteiger partial charge in [0, 0.05) is 0 Å². The number of fused-ring (bicyclic) bond motifs is 2. The molecule has 0 heterocycles. The van der Waals surface area contributed by atoms with E-state index >= 15 is 0 Å². The van der Waals surface area contributed by atoms with Crippen LogP contribution in [0.2, 0.25) is 0 Å². The van der Waals surface area contributed by atoms with Gasteiger partial charge in [-0.15, -0.1) is 0 Å². The predicted molar refractivity (Wildman–Crippen MR) is 286 cm³/mol. The molecule has 7 aromatic carbocycles. The molecule has 0 N–H and O–H groups in total. The molecule has 0 aromatic heterocycles. The molecule has 0 aliphatic heterocycles. The number of benzene rings is 7. The van der Waals surface area contributed by atoms with Crippen LogP contribution in [-0.4, -0.2) is 0 Å². The highest BCUT2D eigenvalue weighted by Gasteiger charge is 1.96. The van der Waals surface area contributed by atoms with Crippen molar-refractivity contribution in [3.63, 3.8) is 0 Å². The zero-order valence-electron chi connectivity index (χ0n) is 43.0. The second-order valence-electron chi connectivity index (χ2n) is 10.9. The van der Waals surface area contributed by atoms with Crippen molar-refractivity contribution in [3.8, 4) is 11.5 Å². The molecular formula is C60H92O. The van der Waals surface area contributed by atoms with E-state index in [2.05, 4.69) is 149 Å². The van der Waals surface area contributed by atoms with Crippen molar-refractivity contribution in [2.24, 2.45) is 0 Å². The minimum absolute atomic E-state index is 0.877. The summed E-state index contributed by atoms with van der Waals surface area (Å²) in [6.07, 6.45) is 2.20. The Labute approximate surface area is 379 Å². The molecule has 0 aliphatic rings. The molecule has 0 spiro atoms. The van der Waals surface area contributed by atoms with E-state index in [1.54, 1.807) is 0 Å². The minimum Gasteiger partial charge on any atom is -0.457 e. The number of rotatable bonds is 4. The molecule has 1 heteroatoms. The quantitative estimate of drug-likeness (QED) is 0.172. The zero-order valence-corrected chi connectivity index (χ0v) is 43.0. The lowest BCUT2D eigenvalue weighted by Gasteiger charge is -2.05. The number of ether oxygens (including phenoxy) is 1. The Balaban J connectivity index is -0.000000208. The average Bonchev–Trinajstić information content (AvgIpc) is 3.38. The second kappa shape index (κ2) is 51.0. The molecule has 0 amide bonds. The molecule has 0 saturated carbocycles. The summed E-state index contributed by atoms with van der Waals surface area (Å²) in [6, 6.07) is 58.2. The molecular weight excluding hydrogens is 737 g/mol. The second-order valence-corrected chi connectivity index (χ2v) is 10.9. The van der Waals surface area contributed by atoms with E-state index in [-0.39, 0.29) is 0 Å². The van der Waals surface area contributed by atoms with Crippen LogP contribution in [0.25, 0.3) is 21.5 Å². The highest BCUT2D eigenvalue weighted by atomic mass is 16.5. The maximum Gasteiger partial charge on any atom is 0.127 e. The summed E-state index contributed by atoms with van der Waals surface area (Å²) in [7, 11) is 0. The summed E-state index contributed by atoms with van der Waals surface area (Å²) < 4.78 is 5.68. The lowest BCUT2D eigenvalue weighted by atomic mass is 10.1. The number of hydrogen-bond donors (Lipinski definition) is 0. The van der Waals surface area contributed by atoms with E-state index in [4.69, 9.17) is 4.74 Å². The molecule has 0 saturated heterocycles. The van der Waals surface area contributed by atoms with E-state index in [1.165, 1.54) is 43.8 Å². The number of para-hydroxylation sites is 1. The van der Waals surface area contributed by atoms with Gasteiger partial charge in [0.05, 0.1) is 0 Å². The van der Waals surface area contributed by atoms with E-state index in [9.17, 15) is 0 Å². The van der Waals surface area contributed by atoms with Gasteiger partial charge < -0.3 is 4.74 Å². The number of hydrogen-bond acceptors (Lipinski definition) is 1. The molecule has 61 heavy (non-hydrogen) atoms. The van der Waals surface area contributed by atoms with Gasteiger partial charge in [0.25, 0.3) is 0 Å². The van der Waals surface area contributed by atoms with Crippen molar-refractivity contribution in [1.82, 2.24) is 0 Å². The third-order valence-electron chi connectivity index (χ3n) is 7.47. The van der Waals surface area contributed by atoms with Gasteiger partial charge in [-0.3, -0.25) is 0 Å². The van der Waals surface area contributed by atoms with Crippen LogP contribution in [0.5, 0.6) is 11.5 Å². The van der Waals surface area contributed by atoms with Gasteiger partial charge in [0.2, 0.25) is 0 Å². The summed E-state index contributed by atoms with van der Waals surface area (Å²) in [5, 5.41) is 5.33. The van der Waals surface area contributed by atoms with Crippen LogP contribution < -0.4 is 4.74 Å². The third kappa shape index (κ3) is 31.4. The van der Waals surface area contributed by atoms with Crippen LogP contribution in [0.4, 0.5) is 0 Å². The largest absolute Gasteiger partial charge is 0.457 e. The highest BCUT2D eigenvalue weighted by molar-refractivity contribution is 5.85. The lowest BCUT2D eigenvalue weighted by Crippen LogP contribution is -1.84. The minimum atomic E-state index is 0.877. The van der Waals surface area contributed by atoms with Gasteiger partial charge in [0.1, 0.15) is 11.5 Å². The summed E-state index contributed by atoms with van der Waals surface area (Å²) in [4.78, 5) is 0. The maximum absolute atomic E-state index is 5.68. The molecule has 0 radical (unpaired) electrons. The molecule has 7 rings (SSSR count). The fourth-order valence-corrected chi connectivity index (χ4v) is 4.83. The number of aryl methyl sites for hydroxylation is 4. The topological polar surface area (TPSA) is 9.23 Å². The Hall–Kier alpha value is -5.14. The van der Waals surface area contributed by atoms with Crippen molar-refractivity contribution in [3.05, 3.63) is 192 Å². The molecule has 1 nitrogen and oxygen atoms in total. The standard InChI is InChI=1S/C14H14O.2C11H10.C8H10.8C2H6/c1-2-12-8-10-14(11-9-12)15-13-6-4-3-5-7-13;1-9-5-4-7-10-6-2-3-8-11(9)10;1-9-6-7-10-4-2-3-5-11(10)8-9;1-2-8-6-4-3-5-7-8;8*1-2/h3-11H,2H2,1H3;2*2-8H,1H3;3-7H,2H2,1H3;8*1-2H3.